The molecule has 0 atom stereocenters. The fourth-order valence-corrected chi connectivity index (χ4v) is 4.19. The molecule has 0 aliphatic heterocycles. The maximum Gasteiger partial charge on any atom is 0.146 e. The molecule has 27 heavy (non-hydrogen) atoms. The molecule has 0 N–H and O–H groups in total. The highest BCUT2D eigenvalue weighted by atomic mass is 15.0. The first-order valence-corrected chi connectivity index (χ1v) is 9.34. The van der Waals surface area contributed by atoms with Gasteiger partial charge in [0, 0.05) is 22.4 Å². The van der Waals surface area contributed by atoms with Crippen molar-refractivity contribution in [1.82, 2.24) is 14.4 Å². The number of hydrogen-bond acceptors (Lipinski definition) is 2. The molecular weight excluding hydrogens is 330 g/mol. The van der Waals surface area contributed by atoms with Gasteiger partial charge in [0.2, 0.25) is 0 Å². The maximum atomic E-state index is 4.99. The van der Waals surface area contributed by atoms with E-state index in [2.05, 4.69) is 70.9 Å². The van der Waals surface area contributed by atoms with Crippen molar-refractivity contribution in [2.45, 2.75) is 13.3 Å². The third-order valence-corrected chi connectivity index (χ3v) is 5.54. The number of hydrogen-bond donors (Lipinski definition) is 0. The van der Waals surface area contributed by atoms with E-state index in [1.165, 1.54) is 27.2 Å². The Morgan fingerprint density at radius 3 is 2.63 bits per heavy atom. The van der Waals surface area contributed by atoms with E-state index in [-0.39, 0.29) is 0 Å². The van der Waals surface area contributed by atoms with Crippen LogP contribution >= 0.6 is 0 Å². The molecule has 3 heterocycles. The number of para-hydroxylation sites is 2. The SMILES string of the molecule is CCc1ccc2c(c1)c1cc3ncccc3cc1c1nc3ccccc3n21. The number of nitrogens with zero attached hydrogens (tertiary/aromatic N) is 3. The first-order valence-electron chi connectivity index (χ1n) is 9.34. The van der Waals surface area contributed by atoms with Gasteiger partial charge in [0.1, 0.15) is 5.65 Å². The zero-order valence-electron chi connectivity index (χ0n) is 15.0. The minimum atomic E-state index is 1.01. The Morgan fingerprint density at radius 1 is 0.778 bits per heavy atom. The van der Waals surface area contributed by atoms with Crippen LogP contribution in [0, 0.1) is 0 Å². The Morgan fingerprint density at radius 2 is 1.70 bits per heavy atom. The minimum absolute atomic E-state index is 1.01. The summed E-state index contributed by atoms with van der Waals surface area (Å²) in [5.41, 5.74) is 6.74. The zero-order valence-corrected chi connectivity index (χ0v) is 15.0. The van der Waals surface area contributed by atoms with E-state index in [0.717, 1.165) is 34.0 Å². The first kappa shape index (κ1) is 14.7. The molecule has 128 valence electrons. The molecule has 6 rings (SSSR count). The average molecular weight is 347 g/mol. The zero-order chi connectivity index (χ0) is 18.0. The summed E-state index contributed by atoms with van der Waals surface area (Å²) in [4.78, 5) is 9.56. The fraction of sp³-hybridized carbons (Fsp3) is 0.0833. The van der Waals surface area contributed by atoms with E-state index >= 15 is 0 Å². The summed E-state index contributed by atoms with van der Waals surface area (Å²) < 4.78 is 2.30. The van der Waals surface area contributed by atoms with Crippen molar-refractivity contribution < 1.29 is 0 Å². The van der Waals surface area contributed by atoms with E-state index in [0.29, 0.717) is 0 Å². The van der Waals surface area contributed by atoms with Gasteiger partial charge in [-0.3, -0.25) is 9.38 Å². The van der Waals surface area contributed by atoms with E-state index in [4.69, 9.17) is 4.98 Å². The lowest BCUT2D eigenvalue weighted by molar-refractivity contribution is 1.14. The maximum absolute atomic E-state index is 4.99. The summed E-state index contributed by atoms with van der Waals surface area (Å²) in [6, 6.07) is 23.7. The number of aryl methyl sites for hydroxylation is 1. The van der Waals surface area contributed by atoms with Crippen LogP contribution in [0.4, 0.5) is 0 Å². The number of imidazole rings is 1. The summed E-state index contributed by atoms with van der Waals surface area (Å²) in [6.45, 7) is 2.20. The molecule has 3 aromatic heterocycles. The summed E-state index contributed by atoms with van der Waals surface area (Å²) in [5, 5.41) is 4.79. The molecule has 6 aromatic rings. The topological polar surface area (TPSA) is 30.2 Å². The van der Waals surface area contributed by atoms with Gasteiger partial charge < -0.3 is 0 Å². The van der Waals surface area contributed by atoms with E-state index in [1.54, 1.807) is 0 Å². The minimum Gasteiger partial charge on any atom is -0.292 e. The van der Waals surface area contributed by atoms with Gasteiger partial charge >= 0.3 is 0 Å². The molecule has 3 heteroatoms. The second kappa shape index (κ2) is 5.27. The highest BCUT2D eigenvalue weighted by Crippen LogP contribution is 2.34. The van der Waals surface area contributed by atoms with Crippen molar-refractivity contribution in [3.8, 4) is 0 Å². The van der Waals surface area contributed by atoms with Crippen LogP contribution in [0.5, 0.6) is 0 Å². The lowest BCUT2D eigenvalue weighted by atomic mass is 10.0. The predicted octanol–water partition coefficient (Wildman–Crippen LogP) is 5.90. The third-order valence-electron chi connectivity index (χ3n) is 5.54. The molecule has 0 spiro atoms. The lowest BCUT2D eigenvalue weighted by Crippen LogP contribution is -1.93. The van der Waals surface area contributed by atoms with E-state index in [9.17, 15) is 0 Å². The molecule has 0 fully saturated rings. The van der Waals surface area contributed by atoms with Gasteiger partial charge in [-0.15, -0.1) is 0 Å². The molecule has 0 aliphatic rings. The van der Waals surface area contributed by atoms with Crippen LogP contribution in [-0.2, 0) is 6.42 Å². The number of aromatic nitrogens is 3. The number of pyridine rings is 2. The van der Waals surface area contributed by atoms with Crippen LogP contribution in [0.2, 0.25) is 0 Å². The molecule has 0 bridgehead atoms. The van der Waals surface area contributed by atoms with Gasteiger partial charge in [-0.25, -0.2) is 4.98 Å². The van der Waals surface area contributed by atoms with Crippen LogP contribution in [0.15, 0.2) is 72.9 Å². The summed E-state index contributed by atoms with van der Waals surface area (Å²) in [7, 11) is 0. The second-order valence-electron chi connectivity index (χ2n) is 7.06. The van der Waals surface area contributed by atoms with Crippen LogP contribution < -0.4 is 0 Å². The molecule has 3 nitrogen and oxygen atoms in total. The van der Waals surface area contributed by atoms with Gasteiger partial charge in [0.15, 0.2) is 0 Å². The number of rotatable bonds is 1. The molecule has 0 aliphatic carbocycles. The number of benzene rings is 3. The molecule has 0 amide bonds. The van der Waals surface area contributed by atoms with Gasteiger partial charge in [0.25, 0.3) is 0 Å². The molecule has 0 saturated heterocycles. The van der Waals surface area contributed by atoms with E-state index < -0.39 is 0 Å². The van der Waals surface area contributed by atoms with Crippen molar-refractivity contribution >= 4 is 49.3 Å². The third kappa shape index (κ3) is 1.97. The van der Waals surface area contributed by atoms with Crippen LogP contribution in [0.1, 0.15) is 12.5 Å². The number of fused-ring (bicyclic) bond motifs is 9. The quantitative estimate of drug-likeness (QED) is 0.274. The standard InChI is InChI=1S/C24H17N3/c1-2-15-9-10-22-18(12-15)17-14-21-16(6-5-11-25-21)13-19(17)24-26-20-7-3-4-8-23(20)27(22)24/h3-14H,2H2,1H3. The molecular formula is C24H17N3. The fourth-order valence-electron chi connectivity index (χ4n) is 4.19. The van der Waals surface area contributed by atoms with Gasteiger partial charge in [-0.05, 0) is 59.8 Å². The Balaban J connectivity index is 1.97. The van der Waals surface area contributed by atoms with Gasteiger partial charge in [-0.1, -0.05) is 31.2 Å². The predicted molar refractivity (Wildman–Crippen MR) is 112 cm³/mol. The highest BCUT2D eigenvalue weighted by molar-refractivity contribution is 6.17. The van der Waals surface area contributed by atoms with E-state index in [1.807, 2.05) is 18.3 Å². The summed E-state index contributed by atoms with van der Waals surface area (Å²) in [5.74, 6) is 0. The molecule has 3 aromatic carbocycles. The molecule has 0 radical (unpaired) electrons. The summed E-state index contributed by atoms with van der Waals surface area (Å²) >= 11 is 0. The normalized spacial score (nSPS) is 12.0. The van der Waals surface area contributed by atoms with Crippen molar-refractivity contribution in [2.24, 2.45) is 0 Å². The van der Waals surface area contributed by atoms with Crippen molar-refractivity contribution in [3.63, 3.8) is 0 Å². The lowest BCUT2D eigenvalue weighted by Gasteiger charge is -2.11. The Kier molecular flexibility index (Phi) is 2.87. The average Bonchev–Trinajstić information content (AvgIpc) is 3.12. The van der Waals surface area contributed by atoms with Gasteiger partial charge in [0.05, 0.1) is 22.1 Å². The summed E-state index contributed by atoms with van der Waals surface area (Å²) in [6.07, 6.45) is 2.88. The largest absolute Gasteiger partial charge is 0.292 e. The van der Waals surface area contributed by atoms with Crippen LogP contribution in [-0.4, -0.2) is 14.4 Å². The Bertz CT molecular complexity index is 1510. The first-order chi connectivity index (χ1) is 13.3. The van der Waals surface area contributed by atoms with Gasteiger partial charge in [-0.2, -0.15) is 0 Å². The Labute approximate surface area is 155 Å². The van der Waals surface area contributed by atoms with Crippen molar-refractivity contribution in [3.05, 3.63) is 78.5 Å². The molecule has 0 unspecified atom stereocenters. The molecule has 0 saturated carbocycles. The van der Waals surface area contributed by atoms with Crippen LogP contribution in [0.3, 0.4) is 0 Å². The van der Waals surface area contributed by atoms with Crippen molar-refractivity contribution in [2.75, 3.05) is 0 Å². The van der Waals surface area contributed by atoms with Crippen molar-refractivity contribution in [1.29, 1.82) is 0 Å². The highest BCUT2D eigenvalue weighted by Gasteiger charge is 2.14. The smallest absolute Gasteiger partial charge is 0.146 e. The monoisotopic (exact) mass is 347 g/mol. The van der Waals surface area contributed by atoms with Crippen LogP contribution in [0.25, 0.3) is 49.3 Å². The Hall–Kier alpha value is -3.46. The second-order valence-corrected chi connectivity index (χ2v) is 7.06.